The fourth-order valence-electron chi connectivity index (χ4n) is 3.13. The molecule has 0 spiro atoms. The molecule has 6 nitrogen and oxygen atoms in total. The molecule has 24 heavy (non-hydrogen) atoms. The molecule has 4 N–H and O–H groups in total. The zero-order chi connectivity index (χ0) is 16.9. The van der Waals surface area contributed by atoms with Crippen LogP contribution < -0.4 is 15.8 Å². The Morgan fingerprint density at radius 1 is 1.25 bits per heavy atom. The van der Waals surface area contributed by atoms with E-state index in [1.54, 1.807) is 6.07 Å². The Balaban J connectivity index is 1.54. The molecule has 1 saturated heterocycles. The van der Waals surface area contributed by atoms with Crippen molar-refractivity contribution in [2.24, 2.45) is 0 Å². The van der Waals surface area contributed by atoms with Crippen LogP contribution in [0.3, 0.4) is 0 Å². The summed E-state index contributed by atoms with van der Waals surface area (Å²) in [5.74, 6) is 0. The highest BCUT2D eigenvalue weighted by Gasteiger charge is 2.19. The first-order valence-corrected chi connectivity index (χ1v) is 8.70. The van der Waals surface area contributed by atoms with Crippen molar-refractivity contribution in [1.82, 2.24) is 15.5 Å². The molecule has 1 atom stereocenters. The molecule has 0 amide bonds. The van der Waals surface area contributed by atoms with Crippen LogP contribution in [-0.2, 0) is 0 Å². The smallest absolute Gasteiger partial charge is 0.264 e. The Bertz CT molecular complexity index is 684. The zero-order valence-corrected chi connectivity index (χ0v) is 14.1. The molecule has 1 aromatic carbocycles. The fourth-order valence-corrected chi connectivity index (χ4v) is 3.13. The fraction of sp³-hybridized carbons (Fsp3) is 0.500. The molecule has 2 aromatic rings. The number of rotatable bonds is 6. The SMILES string of the molecule is CCC(O)CNC1CCN(c2ccc(-c3cc(=O)[nH][nH]3)cc2)CC1. The number of aromatic nitrogens is 2. The first kappa shape index (κ1) is 16.8. The number of piperidine rings is 1. The quantitative estimate of drug-likeness (QED) is 0.649. The van der Waals surface area contributed by atoms with Crippen LogP contribution in [0.15, 0.2) is 35.1 Å². The number of aliphatic hydroxyl groups is 1. The highest BCUT2D eigenvalue weighted by Crippen LogP contribution is 2.23. The van der Waals surface area contributed by atoms with Gasteiger partial charge in [0.2, 0.25) is 0 Å². The summed E-state index contributed by atoms with van der Waals surface area (Å²) in [5.41, 5.74) is 2.91. The van der Waals surface area contributed by atoms with E-state index >= 15 is 0 Å². The minimum Gasteiger partial charge on any atom is -0.392 e. The van der Waals surface area contributed by atoms with Crippen molar-refractivity contribution in [2.45, 2.75) is 38.3 Å². The summed E-state index contributed by atoms with van der Waals surface area (Å²) >= 11 is 0. The lowest BCUT2D eigenvalue weighted by molar-refractivity contribution is 0.160. The van der Waals surface area contributed by atoms with Crippen LogP contribution in [0.25, 0.3) is 11.3 Å². The minimum absolute atomic E-state index is 0.114. The van der Waals surface area contributed by atoms with E-state index in [0.717, 1.165) is 43.6 Å². The predicted octanol–water partition coefficient (Wildman–Crippen LogP) is 1.70. The van der Waals surface area contributed by atoms with E-state index in [9.17, 15) is 9.90 Å². The Labute approximate surface area is 141 Å². The minimum atomic E-state index is -0.240. The lowest BCUT2D eigenvalue weighted by Gasteiger charge is -2.34. The first-order chi connectivity index (χ1) is 11.7. The van der Waals surface area contributed by atoms with Crippen LogP contribution in [-0.4, -0.2) is 47.1 Å². The monoisotopic (exact) mass is 330 g/mol. The third kappa shape index (κ3) is 4.07. The van der Waals surface area contributed by atoms with Crippen molar-refractivity contribution < 1.29 is 5.11 Å². The van der Waals surface area contributed by atoms with E-state index < -0.39 is 0 Å². The lowest BCUT2D eigenvalue weighted by Crippen LogP contribution is -2.44. The summed E-state index contributed by atoms with van der Waals surface area (Å²) in [6.45, 7) is 4.72. The van der Waals surface area contributed by atoms with Crippen molar-refractivity contribution in [3.63, 3.8) is 0 Å². The Kier molecular flexibility index (Phi) is 5.37. The molecule has 2 heterocycles. The molecule has 0 radical (unpaired) electrons. The van der Waals surface area contributed by atoms with Crippen LogP contribution in [0.1, 0.15) is 26.2 Å². The maximum atomic E-state index is 11.2. The highest BCUT2D eigenvalue weighted by atomic mass is 16.3. The van der Waals surface area contributed by atoms with Crippen LogP contribution in [0.5, 0.6) is 0 Å². The summed E-state index contributed by atoms with van der Waals surface area (Å²) in [6.07, 6.45) is 2.73. The predicted molar refractivity (Wildman–Crippen MR) is 96.4 cm³/mol. The number of hydrogen-bond donors (Lipinski definition) is 4. The third-order valence-corrected chi connectivity index (χ3v) is 4.75. The first-order valence-electron chi connectivity index (χ1n) is 8.70. The van der Waals surface area contributed by atoms with Gasteiger partial charge in [0.1, 0.15) is 0 Å². The molecule has 1 fully saturated rings. The largest absolute Gasteiger partial charge is 0.392 e. The van der Waals surface area contributed by atoms with Gasteiger partial charge in [-0.1, -0.05) is 19.1 Å². The average molecular weight is 330 g/mol. The summed E-state index contributed by atoms with van der Waals surface area (Å²) in [4.78, 5) is 13.6. The van der Waals surface area contributed by atoms with Gasteiger partial charge in [0.25, 0.3) is 5.56 Å². The zero-order valence-electron chi connectivity index (χ0n) is 14.1. The maximum absolute atomic E-state index is 11.2. The normalized spacial score (nSPS) is 17.2. The molecule has 130 valence electrons. The van der Waals surface area contributed by atoms with Gasteiger partial charge in [0.15, 0.2) is 0 Å². The lowest BCUT2D eigenvalue weighted by atomic mass is 10.0. The summed E-state index contributed by atoms with van der Waals surface area (Å²) in [7, 11) is 0. The second-order valence-corrected chi connectivity index (χ2v) is 6.45. The highest BCUT2D eigenvalue weighted by molar-refractivity contribution is 5.62. The number of aromatic amines is 2. The Morgan fingerprint density at radius 3 is 2.54 bits per heavy atom. The van der Waals surface area contributed by atoms with Crippen molar-refractivity contribution in [3.8, 4) is 11.3 Å². The van der Waals surface area contributed by atoms with Gasteiger partial charge < -0.3 is 15.3 Å². The second kappa shape index (κ2) is 7.68. The summed E-state index contributed by atoms with van der Waals surface area (Å²) in [6, 6.07) is 10.3. The third-order valence-electron chi connectivity index (χ3n) is 4.75. The number of H-pyrrole nitrogens is 2. The number of nitrogens with zero attached hydrogens (tertiary/aromatic N) is 1. The van der Waals surface area contributed by atoms with Gasteiger partial charge in [-0.2, -0.15) is 0 Å². The molecule has 6 heteroatoms. The van der Waals surface area contributed by atoms with Gasteiger partial charge in [0.05, 0.1) is 11.8 Å². The van der Waals surface area contributed by atoms with E-state index in [1.807, 2.05) is 19.1 Å². The summed E-state index contributed by atoms with van der Waals surface area (Å²) < 4.78 is 0. The number of anilines is 1. The molecule has 1 aliphatic heterocycles. The maximum Gasteiger partial charge on any atom is 0.264 e. The number of aliphatic hydroxyl groups excluding tert-OH is 1. The van der Waals surface area contributed by atoms with Gasteiger partial charge in [0, 0.05) is 37.4 Å². The molecular weight excluding hydrogens is 304 g/mol. The van der Waals surface area contributed by atoms with Crippen molar-refractivity contribution in [3.05, 3.63) is 40.7 Å². The van der Waals surface area contributed by atoms with E-state index in [0.29, 0.717) is 12.6 Å². The molecule has 0 aliphatic carbocycles. The summed E-state index contributed by atoms with van der Waals surface area (Å²) in [5, 5.41) is 18.5. The number of benzene rings is 1. The van der Waals surface area contributed by atoms with E-state index in [2.05, 4.69) is 32.5 Å². The molecular formula is C18H26N4O2. The van der Waals surface area contributed by atoms with Crippen molar-refractivity contribution >= 4 is 5.69 Å². The van der Waals surface area contributed by atoms with Gasteiger partial charge >= 0.3 is 0 Å². The molecule has 1 aromatic heterocycles. The number of nitrogens with one attached hydrogen (secondary N) is 3. The Hall–Kier alpha value is -2.05. The van der Waals surface area contributed by atoms with E-state index in [1.165, 1.54) is 5.69 Å². The topological polar surface area (TPSA) is 84.2 Å². The molecule has 3 rings (SSSR count). The van der Waals surface area contributed by atoms with Gasteiger partial charge in [-0.25, -0.2) is 0 Å². The van der Waals surface area contributed by atoms with Crippen molar-refractivity contribution in [1.29, 1.82) is 0 Å². The van der Waals surface area contributed by atoms with Gasteiger partial charge in [-0.05, 0) is 37.0 Å². The molecule has 1 aliphatic rings. The van der Waals surface area contributed by atoms with Gasteiger partial charge in [-0.3, -0.25) is 15.0 Å². The number of hydrogen-bond acceptors (Lipinski definition) is 4. The second-order valence-electron chi connectivity index (χ2n) is 6.45. The Morgan fingerprint density at radius 2 is 1.96 bits per heavy atom. The molecule has 0 bridgehead atoms. The van der Waals surface area contributed by atoms with E-state index in [-0.39, 0.29) is 11.7 Å². The van der Waals surface area contributed by atoms with Crippen molar-refractivity contribution in [2.75, 3.05) is 24.5 Å². The van der Waals surface area contributed by atoms with Crippen LogP contribution in [0.2, 0.25) is 0 Å². The molecule has 0 saturated carbocycles. The standard InChI is InChI=1S/C18H26N4O2/c1-2-16(23)12-19-14-7-9-22(10-8-14)15-5-3-13(4-6-15)17-11-18(24)21-20-17/h3-6,11,14,16,19,23H,2,7-10,12H2,1H3,(H2,20,21,24). The molecule has 1 unspecified atom stereocenters. The van der Waals surface area contributed by atoms with Crippen LogP contribution >= 0.6 is 0 Å². The van der Waals surface area contributed by atoms with Crippen LogP contribution in [0, 0.1) is 0 Å². The van der Waals surface area contributed by atoms with Crippen LogP contribution in [0.4, 0.5) is 5.69 Å². The van der Waals surface area contributed by atoms with Gasteiger partial charge in [-0.15, -0.1) is 0 Å². The van der Waals surface area contributed by atoms with E-state index in [4.69, 9.17) is 0 Å². The average Bonchev–Trinajstić information content (AvgIpc) is 3.06.